The molecule has 146 valence electrons. The maximum atomic E-state index is 12.0. The summed E-state index contributed by atoms with van der Waals surface area (Å²) in [5.41, 5.74) is 2.17. The number of para-hydroxylation sites is 1. The van der Waals surface area contributed by atoms with Crippen molar-refractivity contribution in [2.45, 2.75) is 25.7 Å². The van der Waals surface area contributed by atoms with Crippen molar-refractivity contribution in [3.8, 4) is 16.9 Å². The lowest BCUT2D eigenvalue weighted by Crippen LogP contribution is -2.33. The fourth-order valence-corrected chi connectivity index (χ4v) is 3.38. The lowest BCUT2D eigenvalue weighted by Gasteiger charge is -2.22. The van der Waals surface area contributed by atoms with Crippen molar-refractivity contribution in [2.75, 3.05) is 26.2 Å². The topological polar surface area (TPSA) is 50.4 Å². The van der Waals surface area contributed by atoms with Crippen molar-refractivity contribution in [1.29, 1.82) is 0 Å². The SMILES string of the molecule is Cl.O=C(CCOc1ccccc1-c1ccccc1)NCCC1CCCNC1. The Balaban J connectivity index is 0.00000261. The number of piperidine rings is 1. The first-order chi connectivity index (χ1) is 12.8. The van der Waals surface area contributed by atoms with Gasteiger partial charge in [-0.2, -0.15) is 0 Å². The van der Waals surface area contributed by atoms with Crippen molar-refractivity contribution in [3.05, 3.63) is 54.6 Å². The molecule has 4 nitrogen and oxygen atoms in total. The van der Waals surface area contributed by atoms with Gasteiger partial charge >= 0.3 is 0 Å². The van der Waals surface area contributed by atoms with Crippen LogP contribution in [0.2, 0.25) is 0 Å². The van der Waals surface area contributed by atoms with E-state index in [0.717, 1.165) is 42.9 Å². The van der Waals surface area contributed by atoms with Gasteiger partial charge in [-0.3, -0.25) is 4.79 Å². The molecule has 2 N–H and O–H groups in total. The van der Waals surface area contributed by atoms with Crippen LogP contribution in [0, 0.1) is 5.92 Å². The van der Waals surface area contributed by atoms with Gasteiger partial charge < -0.3 is 15.4 Å². The lowest BCUT2D eigenvalue weighted by atomic mass is 9.96. The summed E-state index contributed by atoms with van der Waals surface area (Å²) in [6, 6.07) is 18.1. The highest BCUT2D eigenvalue weighted by atomic mass is 35.5. The molecule has 0 aromatic heterocycles. The molecule has 0 spiro atoms. The second kappa shape index (κ2) is 11.6. The predicted molar refractivity (Wildman–Crippen MR) is 112 cm³/mol. The van der Waals surface area contributed by atoms with E-state index in [1.807, 2.05) is 42.5 Å². The minimum atomic E-state index is 0. The van der Waals surface area contributed by atoms with E-state index in [1.54, 1.807) is 0 Å². The van der Waals surface area contributed by atoms with E-state index in [9.17, 15) is 4.79 Å². The smallest absolute Gasteiger partial charge is 0.223 e. The molecule has 2 aromatic rings. The predicted octanol–water partition coefficient (Wildman–Crippen LogP) is 4.05. The van der Waals surface area contributed by atoms with Crippen LogP contribution in [0.1, 0.15) is 25.7 Å². The number of nitrogens with one attached hydrogen (secondary N) is 2. The van der Waals surface area contributed by atoms with Gasteiger partial charge in [0.25, 0.3) is 0 Å². The van der Waals surface area contributed by atoms with Crippen LogP contribution in [0.3, 0.4) is 0 Å². The van der Waals surface area contributed by atoms with E-state index >= 15 is 0 Å². The van der Waals surface area contributed by atoms with Crippen LogP contribution in [0.4, 0.5) is 0 Å². The summed E-state index contributed by atoms with van der Waals surface area (Å²) in [6.45, 7) is 3.35. The van der Waals surface area contributed by atoms with Gasteiger partial charge in [-0.1, -0.05) is 48.5 Å². The number of halogens is 1. The van der Waals surface area contributed by atoms with Gasteiger partial charge in [0.1, 0.15) is 5.75 Å². The Labute approximate surface area is 168 Å². The molecule has 5 heteroatoms. The zero-order valence-electron chi connectivity index (χ0n) is 15.7. The summed E-state index contributed by atoms with van der Waals surface area (Å²) < 4.78 is 5.89. The average Bonchev–Trinajstić information content (AvgIpc) is 2.70. The Hall–Kier alpha value is -2.04. The quantitative estimate of drug-likeness (QED) is 0.717. The molecule has 1 aliphatic heterocycles. The minimum absolute atomic E-state index is 0. The first kappa shape index (κ1) is 21.3. The van der Waals surface area contributed by atoms with Gasteiger partial charge in [-0.15, -0.1) is 12.4 Å². The molecule has 27 heavy (non-hydrogen) atoms. The standard InChI is InChI=1S/C22H28N2O2.ClH/c25-22(24-15-12-18-7-6-14-23-17-18)13-16-26-21-11-5-4-10-20(21)19-8-2-1-3-9-19;/h1-5,8-11,18,23H,6-7,12-17H2,(H,24,25);1H. The molecular weight excluding hydrogens is 360 g/mol. The van der Waals surface area contributed by atoms with Crippen molar-refractivity contribution >= 4 is 18.3 Å². The van der Waals surface area contributed by atoms with Crippen LogP contribution in [0.5, 0.6) is 5.75 Å². The number of hydrogen-bond donors (Lipinski definition) is 2. The van der Waals surface area contributed by atoms with E-state index in [1.165, 1.54) is 12.8 Å². The molecule has 1 aliphatic rings. The highest BCUT2D eigenvalue weighted by molar-refractivity contribution is 5.85. The monoisotopic (exact) mass is 388 g/mol. The van der Waals surface area contributed by atoms with Gasteiger partial charge in [0.15, 0.2) is 0 Å². The van der Waals surface area contributed by atoms with Crippen molar-refractivity contribution < 1.29 is 9.53 Å². The molecule has 2 aromatic carbocycles. The molecule has 0 bridgehead atoms. The minimum Gasteiger partial charge on any atom is -0.492 e. The van der Waals surface area contributed by atoms with Crippen LogP contribution in [-0.4, -0.2) is 32.1 Å². The molecule has 0 radical (unpaired) electrons. The van der Waals surface area contributed by atoms with Crippen molar-refractivity contribution in [1.82, 2.24) is 10.6 Å². The van der Waals surface area contributed by atoms with E-state index in [-0.39, 0.29) is 18.3 Å². The van der Waals surface area contributed by atoms with E-state index in [4.69, 9.17) is 4.74 Å². The first-order valence-corrected chi connectivity index (χ1v) is 9.57. The highest BCUT2D eigenvalue weighted by Crippen LogP contribution is 2.29. The number of carbonyl (C=O) groups excluding carboxylic acids is 1. The van der Waals surface area contributed by atoms with E-state index in [2.05, 4.69) is 22.8 Å². The van der Waals surface area contributed by atoms with Gasteiger partial charge in [-0.25, -0.2) is 0 Å². The normalized spacial score (nSPS) is 16.2. The molecule has 1 atom stereocenters. The summed E-state index contributed by atoms with van der Waals surface area (Å²) in [5.74, 6) is 1.57. The van der Waals surface area contributed by atoms with Gasteiger partial charge in [0, 0.05) is 12.1 Å². The average molecular weight is 389 g/mol. The Morgan fingerprint density at radius 1 is 1.11 bits per heavy atom. The summed E-state index contributed by atoms with van der Waals surface area (Å²) in [6.07, 6.45) is 3.94. The van der Waals surface area contributed by atoms with Gasteiger partial charge in [0.05, 0.1) is 13.0 Å². The van der Waals surface area contributed by atoms with Crippen molar-refractivity contribution in [3.63, 3.8) is 0 Å². The number of benzene rings is 2. The van der Waals surface area contributed by atoms with Gasteiger partial charge in [0.2, 0.25) is 5.91 Å². The number of amides is 1. The fourth-order valence-electron chi connectivity index (χ4n) is 3.38. The molecule has 3 rings (SSSR count). The second-order valence-electron chi connectivity index (χ2n) is 6.81. The molecule has 1 heterocycles. The Bertz CT molecular complexity index is 688. The zero-order valence-corrected chi connectivity index (χ0v) is 16.5. The van der Waals surface area contributed by atoms with E-state index < -0.39 is 0 Å². The Morgan fingerprint density at radius 3 is 2.67 bits per heavy atom. The summed E-state index contributed by atoms with van der Waals surface area (Å²) in [7, 11) is 0. The number of ether oxygens (including phenoxy) is 1. The summed E-state index contributed by atoms with van der Waals surface area (Å²) >= 11 is 0. The number of carbonyl (C=O) groups is 1. The number of hydrogen-bond acceptors (Lipinski definition) is 3. The molecule has 1 fully saturated rings. The number of rotatable bonds is 8. The maximum absolute atomic E-state index is 12.0. The molecule has 0 aliphatic carbocycles. The third-order valence-electron chi connectivity index (χ3n) is 4.83. The lowest BCUT2D eigenvalue weighted by molar-refractivity contribution is -0.121. The molecule has 1 amide bonds. The van der Waals surface area contributed by atoms with Crippen LogP contribution in [0.15, 0.2) is 54.6 Å². The van der Waals surface area contributed by atoms with Crippen molar-refractivity contribution in [2.24, 2.45) is 5.92 Å². The van der Waals surface area contributed by atoms with Crippen LogP contribution in [-0.2, 0) is 4.79 Å². The Kier molecular flexibility index (Phi) is 9.16. The third kappa shape index (κ3) is 6.89. The molecule has 1 unspecified atom stereocenters. The Morgan fingerprint density at radius 2 is 1.89 bits per heavy atom. The highest BCUT2D eigenvalue weighted by Gasteiger charge is 2.13. The third-order valence-corrected chi connectivity index (χ3v) is 4.83. The van der Waals surface area contributed by atoms with E-state index in [0.29, 0.717) is 18.9 Å². The second-order valence-corrected chi connectivity index (χ2v) is 6.81. The van der Waals surface area contributed by atoms with Crippen LogP contribution in [0.25, 0.3) is 11.1 Å². The largest absolute Gasteiger partial charge is 0.492 e. The molecule has 1 saturated heterocycles. The molecule has 0 saturated carbocycles. The fraction of sp³-hybridized carbons (Fsp3) is 0.409. The molecular formula is C22H29ClN2O2. The van der Waals surface area contributed by atoms with Crippen LogP contribution >= 0.6 is 12.4 Å². The zero-order chi connectivity index (χ0) is 18.0. The maximum Gasteiger partial charge on any atom is 0.223 e. The van der Waals surface area contributed by atoms with Gasteiger partial charge in [-0.05, 0) is 49.9 Å². The summed E-state index contributed by atoms with van der Waals surface area (Å²) in [5, 5.41) is 6.43. The first-order valence-electron chi connectivity index (χ1n) is 9.57. The van der Waals surface area contributed by atoms with Crippen LogP contribution < -0.4 is 15.4 Å². The summed E-state index contributed by atoms with van der Waals surface area (Å²) in [4.78, 5) is 12.0.